The Morgan fingerprint density at radius 3 is 2.40 bits per heavy atom. The van der Waals surface area contributed by atoms with E-state index >= 15 is 0 Å². The molecule has 0 spiro atoms. The zero-order valence-corrected chi connectivity index (χ0v) is 15.3. The third kappa shape index (κ3) is 5.01. The van der Waals surface area contributed by atoms with Crippen LogP contribution in [0.25, 0.3) is 10.2 Å². The third-order valence-corrected chi connectivity index (χ3v) is 4.75. The van der Waals surface area contributed by atoms with E-state index in [1.165, 1.54) is 5.56 Å². The van der Waals surface area contributed by atoms with Gasteiger partial charge in [-0.3, -0.25) is 0 Å². The Bertz CT molecular complexity index is 809. The van der Waals surface area contributed by atoms with Crippen LogP contribution < -0.4 is 10.6 Å². The molecule has 0 bridgehead atoms. The molecule has 0 saturated heterocycles. The molecule has 25 heavy (non-hydrogen) atoms. The minimum absolute atomic E-state index is 0.184. The highest BCUT2D eigenvalue weighted by Crippen LogP contribution is 2.21. The van der Waals surface area contributed by atoms with Crippen LogP contribution in [0.2, 0.25) is 0 Å². The molecule has 0 radical (unpaired) electrons. The Kier molecular flexibility index (Phi) is 5.63. The summed E-state index contributed by atoms with van der Waals surface area (Å²) in [7, 11) is 4.09. The van der Waals surface area contributed by atoms with Crippen molar-refractivity contribution in [3.8, 4) is 0 Å². The van der Waals surface area contributed by atoms with E-state index in [0.717, 1.165) is 27.3 Å². The van der Waals surface area contributed by atoms with Gasteiger partial charge in [0.2, 0.25) is 0 Å². The molecular formula is C19H22N4OS. The van der Waals surface area contributed by atoms with E-state index in [2.05, 4.69) is 32.7 Å². The number of benzene rings is 2. The Hall–Kier alpha value is -2.44. The Labute approximate surface area is 151 Å². The van der Waals surface area contributed by atoms with Crippen LogP contribution in [0.5, 0.6) is 0 Å². The first-order chi connectivity index (χ1) is 12.1. The number of nitrogens with one attached hydrogen (secondary N) is 2. The number of nitrogens with zero attached hydrogens (tertiary/aromatic N) is 2. The number of rotatable bonds is 6. The summed E-state index contributed by atoms with van der Waals surface area (Å²) in [5, 5.41) is 6.65. The van der Waals surface area contributed by atoms with Gasteiger partial charge in [-0.25, -0.2) is 9.78 Å². The maximum atomic E-state index is 12.0. The van der Waals surface area contributed by atoms with Crippen LogP contribution in [0.15, 0.2) is 48.5 Å². The van der Waals surface area contributed by atoms with Crippen molar-refractivity contribution in [2.75, 3.05) is 14.1 Å². The van der Waals surface area contributed by atoms with E-state index in [4.69, 9.17) is 0 Å². The SMILES string of the molecule is CN(C)Cc1ccc(CNC(=O)NCc2nc3ccccc3s2)cc1. The summed E-state index contributed by atoms with van der Waals surface area (Å²) in [4.78, 5) is 18.6. The molecule has 0 aliphatic carbocycles. The first-order valence-electron chi connectivity index (χ1n) is 8.19. The molecule has 6 heteroatoms. The van der Waals surface area contributed by atoms with Crippen LogP contribution in [0.4, 0.5) is 4.79 Å². The van der Waals surface area contributed by atoms with Gasteiger partial charge in [0.15, 0.2) is 0 Å². The molecule has 1 aromatic heterocycles. The Balaban J connectivity index is 1.46. The molecule has 5 nitrogen and oxygen atoms in total. The number of para-hydroxylation sites is 1. The lowest BCUT2D eigenvalue weighted by Crippen LogP contribution is -2.34. The van der Waals surface area contributed by atoms with E-state index in [1.54, 1.807) is 11.3 Å². The summed E-state index contributed by atoms with van der Waals surface area (Å²) in [5.74, 6) is 0. The van der Waals surface area contributed by atoms with Crippen molar-refractivity contribution >= 4 is 27.6 Å². The van der Waals surface area contributed by atoms with Crippen molar-refractivity contribution in [3.63, 3.8) is 0 Å². The van der Waals surface area contributed by atoms with Gasteiger partial charge in [-0.15, -0.1) is 11.3 Å². The maximum Gasteiger partial charge on any atom is 0.315 e. The smallest absolute Gasteiger partial charge is 0.315 e. The number of urea groups is 1. The third-order valence-electron chi connectivity index (χ3n) is 3.71. The number of carbonyl (C=O) groups is 1. The minimum atomic E-state index is -0.184. The molecule has 0 unspecified atom stereocenters. The number of hydrogen-bond acceptors (Lipinski definition) is 4. The van der Waals surface area contributed by atoms with Crippen LogP contribution in [0.3, 0.4) is 0 Å². The number of carbonyl (C=O) groups excluding carboxylic acids is 1. The highest BCUT2D eigenvalue weighted by molar-refractivity contribution is 7.18. The zero-order valence-electron chi connectivity index (χ0n) is 14.5. The van der Waals surface area contributed by atoms with Crippen molar-refractivity contribution in [1.29, 1.82) is 0 Å². The number of hydrogen-bond donors (Lipinski definition) is 2. The average molecular weight is 354 g/mol. The van der Waals surface area contributed by atoms with Crippen molar-refractivity contribution in [3.05, 3.63) is 64.7 Å². The summed E-state index contributed by atoms with van der Waals surface area (Å²) in [6.45, 7) is 1.86. The lowest BCUT2D eigenvalue weighted by molar-refractivity contribution is 0.240. The van der Waals surface area contributed by atoms with Crippen LogP contribution in [-0.4, -0.2) is 30.0 Å². The van der Waals surface area contributed by atoms with E-state index in [9.17, 15) is 4.79 Å². The molecule has 3 aromatic rings. The fourth-order valence-corrected chi connectivity index (χ4v) is 3.43. The summed E-state index contributed by atoms with van der Waals surface area (Å²) in [6, 6.07) is 16.1. The van der Waals surface area contributed by atoms with Gasteiger partial charge in [0.1, 0.15) is 5.01 Å². The molecule has 130 valence electrons. The van der Waals surface area contributed by atoms with Crippen molar-refractivity contribution in [2.45, 2.75) is 19.6 Å². The normalized spacial score (nSPS) is 11.0. The van der Waals surface area contributed by atoms with Gasteiger partial charge >= 0.3 is 6.03 Å². The fourth-order valence-electron chi connectivity index (χ4n) is 2.52. The molecule has 0 atom stereocenters. The van der Waals surface area contributed by atoms with Crippen molar-refractivity contribution in [1.82, 2.24) is 20.5 Å². The molecule has 1 heterocycles. The quantitative estimate of drug-likeness (QED) is 0.714. The second-order valence-electron chi connectivity index (χ2n) is 6.17. The Morgan fingerprint density at radius 2 is 1.68 bits per heavy atom. The monoisotopic (exact) mass is 354 g/mol. The van der Waals surface area contributed by atoms with Crippen molar-refractivity contribution in [2.24, 2.45) is 0 Å². The second kappa shape index (κ2) is 8.09. The van der Waals surface area contributed by atoms with Gasteiger partial charge in [0.25, 0.3) is 0 Å². The highest BCUT2D eigenvalue weighted by atomic mass is 32.1. The minimum Gasteiger partial charge on any atom is -0.334 e. The van der Waals surface area contributed by atoms with Gasteiger partial charge in [-0.05, 0) is 37.4 Å². The van der Waals surface area contributed by atoms with Gasteiger partial charge in [0.05, 0.1) is 16.8 Å². The van der Waals surface area contributed by atoms with Gasteiger partial charge in [-0.2, -0.15) is 0 Å². The van der Waals surface area contributed by atoms with Gasteiger partial charge < -0.3 is 15.5 Å². The summed E-state index contributed by atoms with van der Waals surface area (Å²) in [5.41, 5.74) is 3.31. The standard InChI is InChI=1S/C19H22N4OS/c1-23(2)13-15-9-7-14(8-10-15)11-20-19(24)21-12-18-22-16-5-3-4-6-17(16)25-18/h3-10H,11-13H2,1-2H3,(H2,20,21,24). The van der Waals surface area contributed by atoms with Crippen LogP contribution in [0, 0.1) is 0 Å². The van der Waals surface area contributed by atoms with Crippen LogP contribution in [0.1, 0.15) is 16.1 Å². The topological polar surface area (TPSA) is 57.3 Å². The largest absolute Gasteiger partial charge is 0.334 e. The van der Waals surface area contributed by atoms with E-state index in [0.29, 0.717) is 13.1 Å². The number of aromatic nitrogens is 1. The molecule has 2 amide bonds. The molecule has 0 fully saturated rings. The predicted molar refractivity (Wildman–Crippen MR) is 103 cm³/mol. The fraction of sp³-hybridized carbons (Fsp3) is 0.263. The molecule has 0 aliphatic heterocycles. The second-order valence-corrected chi connectivity index (χ2v) is 7.28. The van der Waals surface area contributed by atoms with Gasteiger partial charge in [0, 0.05) is 13.1 Å². The van der Waals surface area contributed by atoms with E-state index in [1.807, 2.05) is 50.5 Å². The first kappa shape index (κ1) is 17.4. The molecule has 2 aromatic carbocycles. The lowest BCUT2D eigenvalue weighted by Gasteiger charge is -2.10. The summed E-state index contributed by atoms with van der Waals surface area (Å²) >= 11 is 1.60. The Morgan fingerprint density at radius 1 is 1.00 bits per heavy atom. The zero-order chi connectivity index (χ0) is 17.6. The molecule has 0 saturated carbocycles. The highest BCUT2D eigenvalue weighted by Gasteiger charge is 2.05. The van der Waals surface area contributed by atoms with E-state index < -0.39 is 0 Å². The van der Waals surface area contributed by atoms with Crippen LogP contribution in [-0.2, 0) is 19.6 Å². The lowest BCUT2D eigenvalue weighted by atomic mass is 10.1. The molecule has 0 aliphatic rings. The number of fused-ring (bicyclic) bond motifs is 1. The summed E-state index contributed by atoms with van der Waals surface area (Å²) < 4.78 is 1.14. The van der Waals surface area contributed by atoms with Crippen molar-refractivity contribution < 1.29 is 4.79 Å². The van der Waals surface area contributed by atoms with Crippen LogP contribution >= 0.6 is 11.3 Å². The predicted octanol–water partition coefficient (Wildman–Crippen LogP) is 3.36. The number of thiazole rings is 1. The first-order valence-corrected chi connectivity index (χ1v) is 9.00. The molecular weight excluding hydrogens is 332 g/mol. The van der Waals surface area contributed by atoms with E-state index in [-0.39, 0.29) is 6.03 Å². The number of amides is 2. The molecule has 2 N–H and O–H groups in total. The van der Waals surface area contributed by atoms with Gasteiger partial charge in [-0.1, -0.05) is 36.4 Å². The summed E-state index contributed by atoms with van der Waals surface area (Å²) in [6.07, 6.45) is 0. The molecule has 3 rings (SSSR count). The average Bonchev–Trinajstić information content (AvgIpc) is 3.02. The maximum absolute atomic E-state index is 12.0.